The lowest BCUT2D eigenvalue weighted by molar-refractivity contribution is -0.127. The van der Waals surface area contributed by atoms with Crippen LogP contribution in [0.1, 0.15) is 51.1 Å². The predicted molar refractivity (Wildman–Crippen MR) is 92.1 cm³/mol. The van der Waals surface area contributed by atoms with E-state index in [-0.39, 0.29) is 30.3 Å². The van der Waals surface area contributed by atoms with E-state index in [9.17, 15) is 9.59 Å². The van der Waals surface area contributed by atoms with Crippen molar-refractivity contribution in [2.45, 2.75) is 45.6 Å². The molecule has 2 amide bonds. The van der Waals surface area contributed by atoms with Gasteiger partial charge >= 0.3 is 0 Å². The molecule has 0 radical (unpaired) electrons. The van der Waals surface area contributed by atoms with Gasteiger partial charge in [-0.3, -0.25) is 9.59 Å². The fourth-order valence-electron chi connectivity index (χ4n) is 2.42. The van der Waals surface area contributed by atoms with Crippen LogP contribution >= 0.6 is 11.6 Å². The Morgan fingerprint density at radius 1 is 1.17 bits per heavy atom. The summed E-state index contributed by atoms with van der Waals surface area (Å²) in [6.07, 6.45) is 3.76. The van der Waals surface area contributed by atoms with Gasteiger partial charge in [-0.25, -0.2) is 0 Å². The minimum Gasteiger partial charge on any atom is -0.348 e. The smallest absolute Gasteiger partial charge is 0.239 e. The summed E-state index contributed by atoms with van der Waals surface area (Å²) < 4.78 is 0. The van der Waals surface area contributed by atoms with Crippen LogP contribution in [-0.2, 0) is 9.59 Å². The summed E-state index contributed by atoms with van der Waals surface area (Å²) in [5, 5.41) is 6.41. The molecule has 0 spiro atoms. The molecule has 1 saturated carbocycles. The second-order valence-electron chi connectivity index (χ2n) is 6.63. The van der Waals surface area contributed by atoms with Crippen LogP contribution < -0.4 is 10.6 Å². The van der Waals surface area contributed by atoms with E-state index in [1.807, 2.05) is 24.3 Å². The van der Waals surface area contributed by atoms with Crippen LogP contribution in [0.3, 0.4) is 0 Å². The Morgan fingerprint density at radius 3 is 2.39 bits per heavy atom. The van der Waals surface area contributed by atoms with Crippen LogP contribution in [-0.4, -0.2) is 18.4 Å². The summed E-state index contributed by atoms with van der Waals surface area (Å²) in [4.78, 5) is 23.7. The number of halogens is 1. The monoisotopic (exact) mass is 336 g/mol. The summed E-state index contributed by atoms with van der Waals surface area (Å²) in [6.45, 7) is 4.37. The summed E-state index contributed by atoms with van der Waals surface area (Å²) in [7, 11) is 0. The standard InChI is InChI=1S/C18H25ClN2O2/c1-12(2)3-10-16(13-6-8-15(19)9-7-13)21-17(22)11-20-18(23)14-4-5-14/h6-9,12,14,16H,3-5,10-11H2,1-2H3,(H,20,23)(H,21,22). The highest BCUT2D eigenvalue weighted by Crippen LogP contribution is 2.28. The van der Waals surface area contributed by atoms with Crippen LogP contribution in [0.25, 0.3) is 0 Å². The third-order valence-corrected chi connectivity index (χ3v) is 4.26. The van der Waals surface area contributed by atoms with Gasteiger partial charge < -0.3 is 10.6 Å². The van der Waals surface area contributed by atoms with E-state index in [1.165, 1.54) is 0 Å². The molecule has 1 aliphatic carbocycles. The number of nitrogens with one attached hydrogen (secondary N) is 2. The van der Waals surface area contributed by atoms with Gasteiger partial charge in [-0.2, -0.15) is 0 Å². The van der Waals surface area contributed by atoms with Gasteiger partial charge in [0.05, 0.1) is 12.6 Å². The lowest BCUT2D eigenvalue weighted by Crippen LogP contribution is -2.39. The number of hydrogen-bond donors (Lipinski definition) is 2. The van der Waals surface area contributed by atoms with Crippen molar-refractivity contribution in [3.05, 3.63) is 34.9 Å². The molecule has 1 aliphatic rings. The number of carbonyl (C=O) groups is 2. The quantitative estimate of drug-likeness (QED) is 0.763. The molecule has 5 heteroatoms. The molecule has 1 atom stereocenters. The lowest BCUT2D eigenvalue weighted by Gasteiger charge is -2.20. The molecule has 1 aromatic carbocycles. The Hall–Kier alpha value is -1.55. The zero-order valence-corrected chi connectivity index (χ0v) is 14.5. The van der Waals surface area contributed by atoms with E-state index in [0.717, 1.165) is 31.2 Å². The second-order valence-corrected chi connectivity index (χ2v) is 7.07. The van der Waals surface area contributed by atoms with Crippen molar-refractivity contribution >= 4 is 23.4 Å². The van der Waals surface area contributed by atoms with E-state index in [1.54, 1.807) is 0 Å². The second kappa shape index (κ2) is 8.34. The van der Waals surface area contributed by atoms with Gasteiger partial charge in [0.25, 0.3) is 0 Å². The summed E-state index contributed by atoms with van der Waals surface area (Å²) in [5.41, 5.74) is 1.04. The van der Waals surface area contributed by atoms with Crippen molar-refractivity contribution in [2.24, 2.45) is 11.8 Å². The molecule has 1 unspecified atom stereocenters. The van der Waals surface area contributed by atoms with Crippen LogP contribution in [0.5, 0.6) is 0 Å². The molecule has 0 aliphatic heterocycles. The van der Waals surface area contributed by atoms with Crippen LogP contribution in [0.2, 0.25) is 5.02 Å². The van der Waals surface area contributed by atoms with Crippen LogP contribution in [0.4, 0.5) is 0 Å². The molecule has 0 aromatic heterocycles. The van der Waals surface area contributed by atoms with Gasteiger partial charge in [0.1, 0.15) is 0 Å². The van der Waals surface area contributed by atoms with E-state index in [4.69, 9.17) is 11.6 Å². The Kier molecular flexibility index (Phi) is 6.46. The Bertz CT molecular complexity index is 538. The summed E-state index contributed by atoms with van der Waals surface area (Å²) >= 11 is 5.93. The maximum atomic E-state index is 12.1. The maximum Gasteiger partial charge on any atom is 0.239 e. The number of rotatable bonds is 8. The normalized spacial score (nSPS) is 15.3. The van der Waals surface area contributed by atoms with Crippen molar-refractivity contribution < 1.29 is 9.59 Å². The first kappa shape index (κ1) is 17.8. The van der Waals surface area contributed by atoms with E-state index < -0.39 is 0 Å². The van der Waals surface area contributed by atoms with Gasteiger partial charge in [0, 0.05) is 10.9 Å². The fourth-order valence-corrected chi connectivity index (χ4v) is 2.55. The largest absolute Gasteiger partial charge is 0.348 e. The highest BCUT2D eigenvalue weighted by Gasteiger charge is 2.29. The number of amides is 2. The third-order valence-electron chi connectivity index (χ3n) is 4.01. The number of carbonyl (C=O) groups excluding carboxylic acids is 2. The first-order chi connectivity index (χ1) is 11.0. The van der Waals surface area contributed by atoms with E-state index in [0.29, 0.717) is 10.9 Å². The molecule has 1 aromatic rings. The molecule has 2 rings (SSSR count). The number of benzene rings is 1. The molecule has 0 saturated heterocycles. The summed E-state index contributed by atoms with van der Waals surface area (Å²) in [5.74, 6) is 0.528. The van der Waals surface area contributed by atoms with Crippen LogP contribution in [0, 0.1) is 11.8 Å². The Balaban J connectivity index is 1.91. The van der Waals surface area contributed by atoms with Crippen molar-refractivity contribution in [1.82, 2.24) is 10.6 Å². The van der Waals surface area contributed by atoms with Crippen molar-refractivity contribution in [2.75, 3.05) is 6.54 Å². The Labute approximate surface area is 143 Å². The Morgan fingerprint density at radius 2 is 1.83 bits per heavy atom. The average Bonchev–Trinajstić information content (AvgIpc) is 3.34. The maximum absolute atomic E-state index is 12.1. The molecular formula is C18H25ClN2O2. The third kappa shape index (κ3) is 6.22. The minimum absolute atomic E-state index is 0.00891. The topological polar surface area (TPSA) is 58.2 Å². The first-order valence-corrected chi connectivity index (χ1v) is 8.66. The van der Waals surface area contributed by atoms with Crippen LogP contribution in [0.15, 0.2) is 24.3 Å². The molecule has 2 N–H and O–H groups in total. The zero-order valence-electron chi connectivity index (χ0n) is 13.8. The molecule has 0 bridgehead atoms. The highest BCUT2D eigenvalue weighted by atomic mass is 35.5. The summed E-state index contributed by atoms with van der Waals surface area (Å²) in [6, 6.07) is 7.49. The molecular weight excluding hydrogens is 312 g/mol. The van der Waals surface area contributed by atoms with Gasteiger partial charge in [0.15, 0.2) is 0 Å². The SMILES string of the molecule is CC(C)CCC(NC(=O)CNC(=O)C1CC1)c1ccc(Cl)cc1. The molecule has 126 valence electrons. The van der Waals surface area contributed by atoms with Crippen molar-refractivity contribution in [3.8, 4) is 0 Å². The van der Waals surface area contributed by atoms with E-state index >= 15 is 0 Å². The van der Waals surface area contributed by atoms with Gasteiger partial charge in [0.2, 0.25) is 11.8 Å². The zero-order chi connectivity index (χ0) is 16.8. The fraction of sp³-hybridized carbons (Fsp3) is 0.556. The minimum atomic E-state index is -0.150. The average molecular weight is 337 g/mol. The van der Waals surface area contributed by atoms with E-state index in [2.05, 4.69) is 24.5 Å². The molecule has 1 fully saturated rings. The van der Waals surface area contributed by atoms with Gasteiger partial charge in [-0.15, -0.1) is 0 Å². The predicted octanol–water partition coefficient (Wildman–Crippen LogP) is 3.46. The highest BCUT2D eigenvalue weighted by molar-refractivity contribution is 6.30. The first-order valence-electron chi connectivity index (χ1n) is 8.28. The molecule has 0 heterocycles. The molecule has 23 heavy (non-hydrogen) atoms. The lowest BCUT2D eigenvalue weighted by atomic mass is 9.97. The number of hydrogen-bond acceptors (Lipinski definition) is 2. The van der Waals surface area contributed by atoms with Crippen molar-refractivity contribution in [3.63, 3.8) is 0 Å². The van der Waals surface area contributed by atoms with Gasteiger partial charge in [-0.05, 0) is 49.3 Å². The van der Waals surface area contributed by atoms with Gasteiger partial charge in [-0.1, -0.05) is 37.6 Å². The van der Waals surface area contributed by atoms with Crippen molar-refractivity contribution in [1.29, 1.82) is 0 Å². The molecule has 4 nitrogen and oxygen atoms in total.